The monoisotopic (exact) mass is 253 g/mol. The molecule has 0 spiro atoms. The number of benzene rings is 1. The van der Waals surface area contributed by atoms with Gasteiger partial charge in [0.25, 0.3) is 5.69 Å². The van der Waals surface area contributed by atoms with Gasteiger partial charge in [-0.1, -0.05) is 6.92 Å². The average Bonchev–Trinajstić information content (AvgIpc) is 2.35. The molecule has 0 radical (unpaired) electrons. The number of primary amides is 1. The van der Waals surface area contributed by atoms with Crippen LogP contribution < -0.4 is 16.2 Å². The van der Waals surface area contributed by atoms with Crippen LogP contribution in [0.5, 0.6) is 5.75 Å². The highest BCUT2D eigenvalue weighted by molar-refractivity contribution is 5.76. The van der Waals surface area contributed by atoms with Crippen molar-refractivity contribution in [1.29, 1.82) is 0 Å². The average molecular weight is 253 g/mol. The van der Waals surface area contributed by atoms with Gasteiger partial charge >= 0.3 is 0 Å². The van der Waals surface area contributed by atoms with E-state index < -0.39 is 16.7 Å². The molecule has 1 aromatic carbocycles. The van der Waals surface area contributed by atoms with Gasteiger partial charge in [0.15, 0.2) is 0 Å². The highest BCUT2D eigenvalue weighted by Gasteiger charge is 2.13. The van der Waals surface area contributed by atoms with E-state index in [-0.39, 0.29) is 18.8 Å². The van der Waals surface area contributed by atoms with E-state index in [1.165, 1.54) is 18.2 Å². The minimum absolute atomic E-state index is 0.0502. The van der Waals surface area contributed by atoms with Gasteiger partial charge in [-0.25, -0.2) is 0 Å². The minimum Gasteiger partial charge on any atom is -0.492 e. The molecule has 0 heterocycles. The van der Waals surface area contributed by atoms with E-state index in [2.05, 4.69) is 0 Å². The summed E-state index contributed by atoms with van der Waals surface area (Å²) < 4.78 is 5.38. The summed E-state index contributed by atoms with van der Waals surface area (Å²) in [5.41, 5.74) is 11.1. The molecule has 7 heteroatoms. The van der Waals surface area contributed by atoms with Crippen LogP contribution in [0.15, 0.2) is 18.2 Å². The van der Waals surface area contributed by atoms with Gasteiger partial charge in [0.1, 0.15) is 5.75 Å². The number of ether oxygens (including phenoxy) is 1. The Kier molecular flexibility index (Phi) is 4.61. The van der Waals surface area contributed by atoms with Crippen LogP contribution in [0.1, 0.15) is 12.5 Å². The second-order valence-corrected chi connectivity index (χ2v) is 3.87. The van der Waals surface area contributed by atoms with Gasteiger partial charge in [-0.3, -0.25) is 14.9 Å². The fourth-order valence-corrected chi connectivity index (χ4v) is 1.28. The number of hydrogen-bond acceptors (Lipinski definition) is 5. The molecule has 0 aliphatic heterocycles. The van der Waals surface area contributed by atoms with Gasteiger partial charge in [0.05, 0.1) is 17.4 Å². The minimum atomic E-state index is -0.505. The van der Waals surface area contributed by atoms with E-state index >= 15 is 0 Å². The largest absolute Gasteiger partial charge is 0.492 e. The number of carbonyl (C=O) groups is 1. The molecule has 0 bridgehead atoms. The van der Waals surface area contributed by atoms with Crippen molar-refractivity contribution in [2.45, 2.75) is 13.5 Å². The van der Waals surface area contributed by atoms with Crippen LogP contribution >= 0.6 is 0 Å². The number of rotatable bonds is 6. The summed E-state index contributed by atoms with van der Waals surface area (Å²) in [4.78, 5) is 20.9. The Balaban J connectivity index is 2.83. The van der Waals surface area contributed by atoms with Crippen molar-refractivity contribution in [1.82, 2.24) is 0 Å². The second kappa shape index (κ2) is 5.97. The van der Waals surface area contributed by atoms with Gasteiger partial charge in [0, 0.05) is 24.2 Å². The van der Waals surface area contributed by atoms with E-state index in [1.807, 2.05) is 0 Å². The molecule has 7 nitrogen and oxygen atoms in total. The van der Waals surface area contributed by atoms with Crippen LogP contribution in [-0.4, -0.2) is 17.4 Å². The van der Waals surface area contributed by atoms with Gasteiger partial charge < -0.3 is 16.2 Å². The Hall–Kier alpha value is -2.15. The van der Waals surface area contributed by atoms with Crippen LogP contribution in [0, 0.1) is 16.0 Å². The maximum atomic E-state index is 10.8. The van der Waals surface area contributed by atoms with Crippen LogP contribution in [0.2, 0.25) is 0 Å². The molecule has 98 valence electrons. The van der Waals surface area contributed by atoms with E-state index in [0.29, 0.717) is 11.3 Å². The van der Waals surface area contributed by atoms with E-state index in [4.69, 9.17) is 16.2 Å². The number of hydrogen-bond donors (Lipinski definition) is 2. The zero-order chi connectivity index (χ0) is 13.7. The lowest BCUT2D eigenvalue weighted by molar-refractivity contribution is -0.384. The lowest BCUT2D eigenvalue weighted by Crippen LogP contribution is -2.26. The van der Waals surface area contributed by atoms with E-state index in [1.54, 1.807) is 6.92 Å². The first-order valence-electron chi connectivity index (χ1n) is 5.35. The summed E-state index contributed by atoms with van der Waals surface area (Å²) in [6.45, 7) is 1.86. The molecule has 1 unspecified atom stereocenters. The van der Waals surface area contributed by atoms with Crippen molar-refractivity contribution in [3.05, 3.63) is 33.9 Å². The van der Waals surface area contributed by atoms with Gasteiger partial charge in [-0.2, -0.15) is 0 Å². The molecule has 0 saturated heterocycles. The predicted octanol–water partition coefficient (Wildman–Crippen LogP) is 0.554. The lowest BCUT2D eigenvalue weighted by Gasteiger charge is -2.12. The maximum absolute atomic E-state index is 10.8. The number of nitro groups is 1. The standard InChI is InChI=1S/C11H15N3O4/c1-7(11(13)15)6-18-10-3-2-9(14(16)17)4-8(10)5-12/h2-4,7H,5-6,12H2,1H3,(H2,13,15). The first-order valence-corrected chi connectivity index (χ1v) is 5.35. The molecule has 1 amide bonds. The molecule has 1 aromatic rings. The SMILES string of the molecule is CC(COc1ccc([N+](=O)[O-])cc1CN)C(N)=O. The van der Waals surface area contributed by atoms with Gasteiger partial charge in [0.2, 0.25) is 5.91 Å². The lowest BCUT2D eigenvalue weighted by atomic mass is 10.1. The van der Waals surface area contributed by atoms with Crippen LogP contribution in [0.4, 0.5) is 5.69 Å². The predicted molar refractivity (Wildman–Crippen MR) is 64.8 cm³/mol. The van der Waals surface area contributed by atoms with Crippen LogP contribution in [0.25, 0.3) is 0 Å². The number of non-ortho nitro benzene ring substituents is 1. The molecule has 0 fully saturated rings. The van der Waals surface area contributed by atoms with Crippen molar-refractivity contribution < 1.29 is 14.5 Å². The number of nitrogens with zero attached hydrogens (tertiary/aromatic N) is 1. The summed E-state index contributed by atoms with van der Waals surface area (Å²) in [6, 6.07) is 4.14. The summed E-state index contributed by atoms with van der Waals surface area (Å²) in [5.74, 6) is -0.478. The Morgan fingerprint density at radius 1 is 1.56 bits per heavy atom. The fraction of sp³-hybridized carbons (Fsp3) is 0.364. The fourth-order valence-electron chi connectivity index (χ4n) is 1.28. The molecule has 1 rings (SSSR count). The molecule has 4 N–H and O–H groups in total. The molecule has 0 saturated carbocycles. The van der Waals surface area contributed by atoms with Crippen molar-refractivity contribution >= 4 is 11.6 Å². The summed E-state index contributed by atoms with van der Waals surface area (Å²) in [7, 11) is 0. The number of amides is 1. The van der Waals surface area contributed by atoms with E-state index in [0.717, 1.165) is 0 Å². The van der Waals surface area contributed by atoms with Crippen LogP contribution in [-0.2, 0) is 11.3 Å². The smallest absolute Gasteiger partial charge is 0.270 e. The van der Waals surface area contributed by atoms with Crippen molar-refractivity contribution in [3.8, 4) is 5.75 Å². The van der Waals surface area contributed by atoms with Gasteiger partial charge in [-0.05, 0) is 6.07 Å². The zero-order valence-electron chi connectivity index (χ0n) is 9.96. The second-order valence-electron chi connectivity index (χ2n) is 3.87. The van der Waals surface area contributed by atoms with Crippen molar-refractivity contribution in [2.75, 3.05) is 6.61 Å². The third-order valence-electron chi connectivity index (χ3n) is 2.45. The van der Waals surface area contributed by atoms with Crippen molar-refractivity contribution in [2.24, 2.45) is 17.4 Å². The topological polar surface area (TPSA) is 121 Å². The number of carbonyl (C=O) groups excluding carboxylic acids is 1. The van der Waals surface area contributed by atoms with Gasteiger partial charge in [-0.15, -0.1) is 0 Å². The highest BCUT2D eigenvalue weighted by atomic mass is 16.6. The Bertz CT molecular complexity index is 462. The molecule has 18 heavy (non-hydrogen) atoms. The third-order valence-corrected chi connectivity index (χ3v) is 2.45. The van der Waals surface area contributed by atoms with Crippen LogP contribution in [0.3, 0.4) is 0 Å². The normalized spacial score (nSPS) is 11.9. The van der Waals surface area contributed by atoms with Crippen molar-refractivity contribution in [3.63, 3.8) is 0 Å². The summed E-state index contributed by atoms with van der Waals surface area (Å²) >= 11 is 0. The first-order chi connectivity index (χ1) is 8.45. The molecule has 0 aromatic heterocycles. The molecular formula is C11H15N3O4. The third kappa shape index (κ3) is 3.42. The maximum Gasteiger partial charge on any atom is 0.270 e. The Morgan fingerprint density at radius 2 is 2.22 bits per heavy atom. The summed E-state index contributed by atoms with van der Waals surface area (Å²) in [6.07, 6.45) is 0. The van der Waals surface area contributed by atoms with E-state index in [9.17, 15) is 14.9 Å². The summed E-state index contributed by atoms with van der Waals surface area (Å²) in [5, 5.41) is 10.6. The quantitative estimate of drug-likeness (QED) is 0.566. The number of nitrogens with two attached hydrogens (primary N) is 2. The Morgan fingerprint density at radius 3 is 2.72 bits per heavy atom. The first kappa shape index (κ1) is 13.9. The molecular weight excluding hydrogens is 238 g/mol. The molecule has 1 atom stereocenters. The zero-order valence-corrected chi connectivity index (χ0v) is 9.96. The molecule has 0 aliphatic carbocycles. The number of nitro benzene ring substituents is 1. The Labute approximate surface area is 104 Å². The molecule has 0 aliphatic rings. The highest BCUT2D eigenvalue weighted by Crippen LogP contribution is 2.24.